The molecule has 0 saturated heterocycles. The second-order valence-electron chi connectivity index (χ2n) is 5.15. The fraction of sp³-hybridized carbons (Fsp3) is 1.00. The van der Waals surface area contributed by atoms with E-state index in [0.29, 0.717) is 19.8 Å². The van der Waals surface area contributed by atoms with E-state index in [4.69, 9.17) is 24.4 Å². The molecule has 0 amide bonds. The summed E-state index contributed by atoms with van der Waals surface area (Å²) in [5.41, 5.74) is 0. The van der Waals surface area contributed by atoms with Crippen LogP contribution in [0.1, 0.15) is 78.6 Å². The van der Waals surface area contributed by atoms with Crippen molar-refractivity contribution < 1.29 is 13.3 Å². The number of hydrogen-bond donors (Lipinski definition) is 0. The average Bonchev–Trinajstić information content (AvgIpc) is 2.45. The molecule has 122 valence electrons. The Morgan fingerprint density at radius 1 is 0.600 bits per heavy atom. The average molecular weight is 325 g/mol. The van der Waals surface area contributed by atoms with Gasteiger partial charge in [0.2, 0.25) is 0 Å². The molecule has 0 unspecified atom stereocenters. The van der Waals surface area contributed by atoms with E-state index in [1.807, 2.05) is 0 Å². The quantitative estimate of drug-likeness (QED) is 0.233. The van der Waals surface area contributed by atoms with Gasteiger partial charge in [0.25, 0.3) is 0 Å². The summed E-state index contributed by atoms with van der Waals surface area (Å²) in [4.78, 5) is 0. The van der Waals surface area contributed by atoms with E-state index in [-0.39, 0.29) is 0 Å². The highest BCUT2D eigenvalue weighted by molar-refractivity contribution is 7.09. The highest BCUT2D eigenvalue weighted by atomic mass is 35.6. The Balaban J connectivity index is 3.98. The lowest BCUT2D eigenvalue weighted by molar-refractivity contribution is 0.0770. The van der Waals surface area contributed by atoms with Crippen LogP contribution < -0.4 is 0 Å². The van der Waals surface area contributed by atoms with Crippen LogP contribution in [0.3, 0.4) is 0 Å². The molecule has 0 rings (SSSR count). The monoisotopic (exact) mass is 324 g/mol. The van der Waals surface area contributed by atoms with Crippen molar-refractivity contribution in [1.29, 1.82) is 0 Å². The van der Waals surface area contributed by atoms with Crippen LogP contribution in [0.4, 0.5) is 0 Å². The van der Waals surface area contributed by atoms with Gasteiger partial charge in [0, 0.05) is 19.8 Å². The van der Waals surface area contributed by atoms with E-state index in [0.717, 1.165) is 38.5 Å². The Morgan fingerprint density at radius 3 is 1.15 bits per heavy atom. The van der Waals surface area contributed by atoms with Crippen molar-refractivity contribution >= 4 is 19.2 Å². The van der Waals surface area contributed by atoms with Crippen LogP contribution in [-0.2, 0) is 13.3 Å². The summed E-state index contributed by atoms with van der Waals surface area (Å²) in [6.45, 7) is 8.46. The largest absolute Gasteiger partial charge is 0.613 e. The van der Waals surface area contributed by atoms with Gasteiger partial charge in [-0.2, -0.15) is 0 Å². The van der Waals surface area contributed by atoms with Crippen LogP contribution in [-0.4, -0.2) is 27.9 Å². The number of rotatable bonds is 15. The molecule has 0 aromatic rings. The van der Waals surface area contributed by atoms with E-state index < -0.39 is 8.11 Å². The molecular formula is C15H33ClO3Si. The van der Waals surface area contributed by atoms with Gasteiger partial charge in [-0.1, -0.05) is 70.4 Å². The minimum absolute atomic E-state index is 0.644. The third-order valence-electron chi connectivity index (χ3n) is 3.07. The molecule has 0 aromatic carbocycles. The first-order chi connectivity index (χ1) is 9.68. The predicted octanol–water partition coefficient (Wildman–Crippen LogP) is 5.28. The SMILES string of the molecule is CCCCCO[Si](Cl)(OCCCCC)OCCCCC. The van der Waals surface area contributed by atoms with Crippen molar-refractivity contribution in [2.45, 2.75) is 78.6 Å². The molecular weight excluding hydrogens is 292 g/mol. The van der Waals surface area contributed by atoms with Crippen molar-refractivity contribution in [2.75, 3.05) is 19.8 Å². The molecule has 0 fully saturated rings. The van der Waals surface area contributed by atoms with Gasteiger partial charge in [0.1, 0.15) is 0 Å². The van der Waals surface area contributed by atoms with Crippen molar-refractivity contribution in [3.05, 3.63) is 0 Å². The third kappa shape index (κ3) is 12.2. The number of halogens is 1. The first-order valence-corrected chi connectivity index (χ1v) is 11.0. The van der Waals surface area contributed by atoms with Crippen molar-refractivity contribution in [3.8, 4) is 0 Å². The molecule has 3 nitrogen and oxygen atoms in total. The highest BCUT2D eigenvalue weighted by Crippen LogP contribution is 2.18. The lowest BCUT2D eigenvalue weighted by Crippen LogP contribution is -2.41. The Labute approximate surface area is 131 Å². The van der Waals surface area contributed by atoms with Crippen LogP contribution >= 0.6 is 11.1 Å². The fourth-order valence-corrected chi connectivity index (χ4v) is 3.87. The lowest BCUT2D eigenvalue weighted by Gasteiger charge is -2.23. The number of unbranched alkanes of at least 4 members (excludes halogenated alkanes) is 6. The van der Waals surface area contributed by atoms with Gasteiger partial charge < -0.3 is 13.3 Å². The molecule has 0 aliphatic rings. The first-order valence-electron chi connectivity index (χ1n) is 8.29. The molecule has 0 aromatic heterocycles. The number of hydrogen-bond acceptors (Lipinski definition) is 3. The lowest BCUT2D eigenvalue weighted by atomic mass is 10.3. The van der Waals surface area contributed by atoms with Gasteiger partial charge in [-0.3, -0.25) is 0 Å². The van der Waals surface area contributed by atoms with Crippen LogP contribution in [0, 0.1) is 0 Å². The Hall–Kier alpha value is 0.387. The molecule has 0 saturated carbocycles. The van der Waals surface area contributed by atoms with Gasteiger partial charge in [-0.15, -0.1) is 0 Å². The van der Waals surface area contributed by atoms with Gasteiger partial charge >= 0.3 is 8.11 Å². The van der Waals surface area contributed by atoms with Crippen LogP contribution in [0.25, 0.3) is 0 Å². The Bertz CT molecular complexity index is 174. The van der Waals surface area contributed by atoms with Gasteiger partial charge in [-0.05, 0) is 19.3 Å². The zero-order chi connectivity index (χ0) is 15.1. The van der Waals surface area contributed by atoms with Gasteiger partial charge in [-0.25, -0.2) is 0 Å². The first kappa shape index (κ1) is 20.4. The zero-order valence-electron chi connectivity index (χ0n) is 13.6. The van der Waals surface area contributed by atoms with E-state index in [1.54, 1.807) is 0 Å². The summed E-state index contributed by atoms with van der Waals surface area (Å²) in [6, 6.07) is 0. The van der Waals surface area contributed by atoms with Crippen LogP contribution in [0.2, 0.25) is 0 Å². The molecule has 0 N–H and O–H groups in total. The Kier molecular flexibility index (Phi) is 14.6. The van der Waals surface area contributed by atoms with Crippen LogP contribution in [0.15, 0.2) is 0 Å². The fourth-order valence-electron chi connectivity index (χ4n) is 1.76. The molecule has 5 heteroatoms. The minimum Gasteiger partial charge on any atom is -0.362 e. The van der Waals surface area contributed by atoms with Gasteiger partial charge in [0.15, 0.2) is 0 Å². The molecule has 0 aliphatic carbocycles. The standard InChI is InChI=1S/C15H33ClO3Si/c1-4-7-10-13-17-20(16,18-14-11-8-5-2)19-15-12-9-6-3/h4-15H2,1-3H3. The maximum atomic E-state index is 6.45. The summed E-state index contributed by atoms with van der Waals surface area (Å²) >= 11 is 6.45. The van der Waals surface area contributed by atoms with Crippen LogP contribution in [0.5, 0.6) is 0 Å². The maximum absolute atomic E-state index is 6.45. The molecule has 0 aliphatic heterocycles. The summed E-state index contributed by atoms with van der Waals surface area (Å²) < 4.78 is 17.3. The normalized spacial score (nSPS) is 12.0. The van der Waals surface area contributed by atoms with Crippen molar-refractivity contribution in [3.63, 3.8) is 0 Å². The second kappa shape index (κ2) is 14.3. The predicted molar refractivity (Wildman–Crippen MR) is 88.0 cm³/mol. The van der Waals surface area contributed by atoms with E-state index in [9.17, 15) is 0 Å². The van der Waals surface area contributed by atoms with E-state index >= 15 is 0 Å². The topological polar surface area (TPSA) is 27.7 Å². The molecule has 0 bridgehead atoms. The Morgan fingerprint density at radius 2 is 0.900 bits per heavy atom. The molecule has 0 heterocycles. The second-order valence-corrected chi connectivity index (χ2v) is 8.37. The molecule has 0 atom stereocenters. The van der Waals surface area contributed by atoms with E-state index in [2.05, 4.69) is 20.8 Å². The minimum atomic E-state index is -2.93. The summed E-state index contributed by atoms with van der Waals surface area (Å²) in [5, 5.41) is 0. The van der Waals surface area contributed by atoms with Crippen molar-refractivity contribution in [1.82, 2.24) is 0 Å². The van der Waals surface area contributed by atoms with Crippen molar-refractivity contribution in [2.24, 2.45) is 0 Å². The summed E-state index contributed by atoms with van der Waals surface area (Å²) in [5.74, 6) is 0. The molecule has 20 heavy (non-hydrogen) atoms. The van der Waals surface area contributed by atoms with E-state index in [1.165, 1.54) is 19.3 Å². The third-order valence-corrected chi connectivity index (χ3v) is 5.70. The highest BCUT2D eigenvalue weighted by Gasteiger charge is 2.39. The zero-order valence-corrected chi connectivity index (χ0v) is 15.3. The summed E-state index contributed by atoms with van der Waals surface area (Å²) in [6.07, 6.45) is 10.1. The van der Waals surface area contributed by atoms with Gasteiger partial charge in [0.05, 0.1) is 0 Å². The maximum Gasteiger partial charge on any atom is 0.613 e. The molecule has 0 spiro atoms. The smallest absolute Gasteiger partial charge is 0.362 e. The summed E-state index contributed by atoms with van der Waals surface area (Å²) in [7, 11) is -2.93. The molecule has 0 radical (unpaired) electrons.